The number of hydrogen-bond acceptors (Lipinski definition) is 6. The van der Waals surface area contributed by atoms with Crippen molar-refractivity contribution in [2.45, 2.75) is 19.9 Å². The van der Waals surface area contributed by atoms with E-state index >= 15 is 0 Å². The molecule has 0 saturated heterocycles. The summed E-state index contributed by atoms with van der Waals surface area (Å²) in [5, 5.41) is 14.2. The van der Waals surface area contributed by atoms with Gasteiger partial charge in [0.15, 0.2) is 5.69 Å². The molecule has 0 radical (unpaired) electrons. The van der Waals surface area contributed by atoms with Gasteiger partial charge in [0.05, 0.1) is 31.6 Å². The Morgan fingerprint density at radius 2 is 1.94 bits per heavy atom. The van der Waals surface area contributed by atoms with E-state index in [9.17, 15) is 14.7 Å². The molecule has 31 heavy (non-hydrogen) atoms. The van der Waals surface area contributed by atoms with Gasteiger partial charge in [-0.05, 0) is 49.4 Å². The Morgan fingerprint density at radius 1 is 1.16 bits per heavy atom. The quantitative estimate of drug-likeness (QED) is 0.637. The Kier molecular flexibility index (Phi) is 5.62. The van der Waals surface area contributed by atoms with E-state index in [0.29, 0.717) is 24.1 Å². The number of aromatic hydroxyl groups is 1. The molecule has 1 aromatic heterocycles. The van der Waals surface area contributed by atoms with Crippen LogP contribution in [0, 0.1) is 0 Å². The number of ether oxygens (including phenoxy) is 2. The van der Waals surface area contributed by atoms with Gasteiger partial charge in [0, 0.05) is 24.1 Å². The van der Waals surface area contributed by atoms with Crippen LogP contribution in [0.5, 0.6) is 11.5 Å². The molecule has 0 atom stereocenters. The van der Waals surface area contributed by atoms with Crippen molar-refractivity contribution in [2.75, 3.05) is 20.3 Å². The Labute approximate surface area is 179 Å². The highest BCUT2D eigenvalue weighted by Crippen LogP contribution is 2.28. The van der Waals surface area contributed by atoms with Crippen LogP contribution in [0.15, 0.2) is 48.5 Å². The van der Waals surface area contributed by atoms with Gasteiger partial charge in [-0.2, -0.15) is 5.10 Å². The standard InChI is InChI=1S/C23H23N3O5/c1-3-31-23(29)21-19-14-25(22(28)15-5-4-6-17(27)13-15)12-11-20(19)26(24-21)16-7-9-18(30-2)10-8-16/h4-10,13,27H,3,11-12,14H2,1-2H3. The van der Waals surface area contributed by atoms with Crippen molar-refractivity contribution < 1.29 is 24.2 Å². The number of hydrogen-bond donors (Lipinski definition) is 1. The Morgan fingerprint density at radius 3 is 2.61 bits per heavy atom. The number of nitrogens with zero attached hydrogens (tertiary/aromatic N) is 3. The molecule has 160 valence electrons. The molecule has 0 saturated carbocycles. The van der Waals surface area contributed by atoms with Crippen molar-refractivity contribution in [1.82, 2.24) is 14.7 Å². The van der Waals surface area contributed by atoms with E-state index in [0.717, 1.165) is 17.1 Å². The van der Waals surface area contributed by atoms with E-state index in [1.165, 1.54) is 12.1 Å². The Hall–Kier alpha value is -3.81. The average Bonchev–Trinajstić information content (AvgIpc) is 3.18. The molecule has 0 unspecified atom stereocenters. The van der Waals surface area contributed by atoms with Gasteiger partial charge < -0.3 is 19.5 Å². The van der Waals surface area contributed by atoms with Gasteiger partial charge in [-0.3, -0.25) is 4.79 Å². The summed E-state index contributed by atoms with van der Waals surface area (Å²) in [6, 6.07) is 13.6. The number of esters is 1. The zero-order chi connectivity index (χ0) is 22.0. The van der Waals surface area contributed by atoms with Crippen LogP contribution in [0.3, 0.4) is 0 Å². The van der Waals surface area contributed by atoms with Gasteiger partial charge in [-0.1, -0.05) is 6.07 Å². The summed E-state index contributed by atoms with van der Waals surface area (Å²) in [4.78, 5) is 27.2. The minimum Gasteiger partial charge on any atom is -0.508 e. The Bertz CT molecular complexity index is 1120. The summed E-state index contributed by atoms with van der Waals surface area (Å²) in [5.41, 5.74) is 2.94. The number of phenolic OH excluding ortho intramolecular Hbond substituents is 1. The maximum atomic E-state index is 13.0. The SMILES string of the molecule is CCOC(=O)c1nn(-c2ccc(OC)cc2)c2c1CN(C(=O)c1cccc(O)c1)CC2. The molecular weight excluding hydrogens is 398 g/mol. The predicted molar refractivity (Wildman–Crippen MR) is 113 cm³/mol. The topological polar surface area (TPSA) is 93.9 Å². The first kappa shape index (κ1) is 20.5. The van der Waals surface area contributed by atoms with Gasteiger partial charge in [-0.25, -0.2) is 9.48 Å². The second-order valence-corrected chi connectivity index (χ2v) is 7.13. The molecule has 2 aromatic carbocycles. The van der Waals surface area contributed by atoms with Crippen LogP contribution < -0.4 is 4.74 Å². The number of benzene rings is 2. The molecule has 2 heterocycles. The average molecular weight is 421 g/mol. The van der Waals surface area contributed by atoms with Crippen LogP contribution in [0.2, 0.25) is 0 Å². The van der Waals surface area contributed by atoms with E-state index in [4.69, 9.17) is 9.47 Å². The fraction of sp³-hybridized carbons (Fsp3) is 0.261. The molecule has 0 fully saturated rings. The predicted octanol–water partition coefficient (Wildman–Crippen LogP) is 2.96. The van der Waals surface area contributed by atoms with E-state index in [1.807, 2.05) is 24.3 Å². The molecule has 4 rings (SSSR count). The first-order valence-corrected chi connectivity index (χ1v) is 10.0. The van der Waals surface area contributed by atoms with Crippen molar-refractivity contribution in [3.63, 3.8) is 0 Å². The third-order valence-electron chi connectivity index (χ3n) is 5.22. The fourth-order valence-corrected chi connectivity index (χ4v) is 3.71. The van der Waals surface area contributed by atoms with E-state index in [2.05, 4.69) is 5.10 Å². The number of amides is 1. The van der Waals surface area contributed by atoms with E-state index in [-0.39, 0.29) is 30.5 Å². The second kappa shape index (κ2) is 8.51. The molecule has 1 amide bonds. The zero-order valence-corrected chi connectivity index (χ0v) is 17.4. The van der Waals surface area contributed by atoms with Gasteiger partial charge in [0.2, 0.25) is 0 Å². The van der Waals surface area contributed by atoms with E-state index in [1.54, 1.807) is 35.7 Å². The van der Waals surface area contributed by atoms with Crippen LogP contribution in [0.1, 0.15) is 39.0 Å². The van der Waals surface area contributed by atoms with Crippen LogP contribution in [-0.2, 0) is 17.7 Å². The monoisotopic (exact) mass is 421 g/mol. The number of phenols is 1. The lowest BCUT2D eigenvalue weighted by molar-refractivity contribution is 0.0513. The van der Waals surface area contributed by atoms with Crippen LogP contribution in [0.4, 0.5) is 0 Å². The minimum atomic E-state index is -0.516. The first-order chi connectivity index (χ1) is 15.0. The van der Waals surface area contributed by atoms with Gasteiger partial charge in [-0.15, -0.1) is 0 Å². The lowest BCUT2D eigenvalue weighted by atomic mass is 10.0. The third-order valence-corrected chi connectivity index (χ3v) is 5.22. The van der Waals surface area contributed by atoms with Gasteiger partial charge >= 0.3 is 5.97 Å². The summed E-state index contributed by atoms with van der Waals surface area (Å²) in [6.45, 7) is 2.66. The van der Waals surface area contributed by atoms with Crippen LogP contribution in [-0.4, -0.2) is 51.9 Å². The van der Waals surface area contributed by atoms with Crippen molar-refractivity contribution in [3.05, 3.63) is 71.0 Å². The summed E-state index contributed by atoms with van der Waals surface area (Å²) >= 11 is 0. The third kappa shape index (κ3) is 3.96. The molecule has 8 heteroatoms. The Balaban J connectivity index is 1.71. The molecule has 0 aliphatic carbocycles. The maximum absolute atomic E-state index is 13.0. The normalized spacial score (nSPS) is 12.9. The highest BCUT2D eigenvalue weighted by atomic mass is 16.5. The smallest absolute Gasteiger partial charge is 0.359 e. The van der Waals surface area contributed by atoms with Crippen molar-refractivity contribution in [3.8, 4) is 17.2 Å². The zero-order valence-electron chi connectivity index (χ0n) is 17.4. The molecule has 1 N–H and O–H groups in total. The van der Waals surface area contributed by atoms with E-state index < -0.39 is 5.97 Å². The molecule has 3 aromatic rings. The number of carbonyl (C=O) groups excluding carboxylic acids is 2. The molecule has 0 spiro atoms. The van der Waals surface area contributed by atoms with Crippen molar-refractivity contribution >= 4 is 11.9 Å². The highest BCUT2D eigenvalue weighted by molar-refractivity contribution is 5.95. The van der Waals surface area contributed by atoms with Gasteiger partial charge in [0.25, 0.3) is 5.91 Å². The largest absolute Gasteiger partial charge is 0.508 e. The van der Waals surface area contributed by atoms with Crippen molar-refractivity contribution in [2.24, 2.45) is 0 Å². The summed E-state index contributed by atoms with van der Waals surface area (Å²) in [5.74, 6) is 0.0209. The lowest BCUT2D eigenvalue weighted by Gasteiger charge is -2.28. The lowest BCUT2D eigenvalue weighted by Crippen LogP contribution is -2.36. The number of aromatic nitrogens is 2. The minimum absolute atomic E-state index is 0.0306. The number of carbonyl (C=O) groups is 2. The molecule has 1 aliphatic heterocycles. The number of methoxy groups -OCH3 is 1. The summed E-state index contributed by atoms with van der Waals surface area (Å²) < 4.78 is 12.2. The fourth-order valence-electron chi connectivity index (χ4n) is 3.71. The van der Waals surface area contributed by atoms with Crippen LogP contribution in [0.25, 0.3) is 5.69 Å². The molecule has 1 aliphatic rings. The first-order valence-electron chi connectivity index (χ1n) is 10.0. The maximum Gasteiger partial charge on any atom is 0.359 e. The molecule has 8 nitrogen and oxygen atoms in total. The molecule has 0 bridgehead atoms. The summed E-state index contributed by atoms with van der Waals surface area (Å²) in [6.07, 6.45) is 0.526. The number of rotatable bonds is 5. The summed E-state index contributed by atoms with van der Waals surface area (Å²) in [7, 11) is 1.60. The van der Waals surface area contributed by atoms with Crippen molar-refractivity contribution in [1.29, 1.82) is 0 Å². The van der Waals surface area contributed by atoms with Gasteiger partial charge in [0.1, 0.15) is 11.5 Å². The van der Waals surface area contributed by atoms with Crippen LogP contribution >= 0.6 is 0 Å². The molecular formula is C23H23N3O5. The number of fused-ring (bicyclic) bond motifs is 1. The second-order valence-electron chi connectivity index (χ2n) is 7.13. The highest BCUT2D eigenvalue weighted by Gasteiger charge is 2.31.